The molecular formula is C13H21N3O. The first-order valence-electron chi connectivity index (χ1n) is 6.89. The van der Waals surface area contributed by atoms with Gasteiger partial charge in [-0.1, -0.05) is 18.5 Å². The molecule has 0 spiro atoms. The highest BCUT2D eigenvalue weighted by molar-refractivity contribution is 5.11. The zero-order valence-electron chi connectivity index (χ0n) is 10.5. The van der Waals surface area contributed by atoms with Crippen molar-refractivity contribution in [1.29, 1.82) is 0 Å². The van der Waals surface area contributed by atoms with Gasteiger partial charge in [-0.05, 0) is 45.2 Å². The van der Waals surface area contributed by atoms with Crippen LogP contribution in [0.15, 0.2) is 4.52 Å². The smallest absolute Gasteiger partial charge is 0.232 e. The highest BCUT2D eigenvalue weighted by Gasteiger charge is 2.39. The Labute approximate surface area is 102 Å². The molecule has 4 nitrogen and oxygen atoms in total. The van der Waals surface area contributed by atoms with Crippen molar-refractivity contribution in [3.63, 3.8) is 0 Å². The molecule has 0 amide bonds. The van der Waals surface area contributed by atoms with E-state index < -0.39 is 0 Å². The minimum absolute atomic E-state index is 0.153. The molecule has 1 aromatic heterocycles. The molecule has 3 rings (SSSR count). The van der Waals surface area contributed by atoms with E-state index in [0.29, 0.717) is 5.92 Å². The molecule has 0 bridgehead atoms. The van der Waals surface area contributed by atoms with Crippen LogP contribution in [0, 0.1) is 0 Å². The third-order valence-corrected chi connectivity index (χ3v) is 4.13. The fourth-order valence-corrected chi connectivity index (χ4v) is 2.91. The van der Waals surface area contributed by atoms with Gasteiger partial charge in [0.25, 0.3) is 0 Å². The van der Waals surface area contributed by atoms with Gasteiger partial charge in [-0.2, -0.15) is 4.98 Å². The van der Waals surface area contributed by atoms with Crippen molar-refractivity contribution < 1.29 is 4.52 Å². The average Bonchev–Trinajstić information content (AvgIpc) is 3.08. The van der Waals surface area contributed by atoms with Crippen molar-refractivity contribution in [2.45, 2.75) is 56.8 Å². The number of nitrogens with one attached hydrogen (secondary N) is 1. The SMILES string of the molecule is CCCC1(c2nc(C3CC3)no2)CCNCC1. The van der Waals surface area contributed by atoms with Crippen LogP contribution in [0.25, 0.3) is 0 Å². The molecule has 17 heavy (non-hydrogen) atoms. The third-order valence-electron chi connectivity index (χ3n) is 4.13. The van der Waals surface area contributed by atoms with E-state index in [4.69, 9.17) is 4.52 Å². The van der Waals surface area contributed by atoms with Crippen molar-refractivity contribution in [2.24, 2.45) is 0 Å². The second kappa shape index (κ2) is 4.41. The van der Waals surface area contributed by atoms with E-state index in [1.807, 2.05) is 0 Å². The molecule has 4 heteroatoms. The molecule has 0 radical (unpaired) electrons. The Bertz CT molecular complexity index is 372. The maximum atomic E-state index is 5.57. The van der Waals surface area contributed by atoms with E-state index >= 15 is 0 Å². The van der Waals surface area contributed by atoms with Crippen molar-refractivity contribution in [3.8, 4) is 0 Å². The lowest BCUT2D eigenvalue weighted by molar-refractivity contribution is 0.208. The molecular weight excluding hydrogens is 214 g/mol. The predicted molar refractivity (Wildman–Crippen MR) is 65.0 cm³/mol. The van der Waals surface area contributed by atoms with Gasteiger partial charge < -0.3 is 9.84 Å². The molecule has 1 aliphatic carbocycles. The number of rotatable bonds is 4. The summed E-state index contributed by atoms with van der Waals surface area (Å²) in [7, 11) is 0. The van der Waals surface area contributed by atoms with Gasteiger partial charge in [-0.25, -0.2) is 0 Å². The van der Waals surface area contributed by atoms with Crippen molar-refractivity contribution in [3.05, 3.63) is 11.7 Å². The lowest BCUT2D eigenvalue weighted by Gasteiger charge is -2.34. The first-order chi connectivity index (χ1) is 8.34. The Kier molecular flexibility index (Phi) is 2.90. The van der Waals surface area contributed by atoms with Crippen LogP contribution in [0.1, 0.15) is 63.1 Å². The zero-order chi connectivity index (χ0) is 11.7. The summed E-state index contributed by atoms with van der Waals surface area (Å²) < 4.78 is 5.57. The van der Waals surface area contributed by atoms with Crippen LogP contribution in [0.4, 0.5) is 0 Å². The largest absolute Gasteiger partial charge is 0.339 e. The van der Waals surface area contributed by atoms with Gasteiger partial charge in [-0.3, -0.25) is 0 Å². The quantitative estimate of drug-likeness (QED) is 0.870. The average molecular weight is 235 g/mol. The monoisotopic (exact) mass is 235 g/mol. The van der Waals surface area contributed by atoms with Crippen LogP contribution in [-0.4, -0.2) is 23.2 Å². The van der Waals surface area contributed by atoms with Gasteiger partial charge in [-0.15, -0.1) is 0 Å². The molecule has 94 valence electrons. The fraction of sp³-hybridized carbons (Fsp3) is 0.846. The van der Waals surface area contributed by atoms with Gasteiger partial charge in [0, 0.05) is 5.92 Å². The summed E-state index contributed by atoms with van der Waals surface area (Å²) >= 11 is 0. The van der Waals surface area contributed by atoms with E-state index in [9.17, 15) is 0 Å². The lowest BCUT2D eigenvalue weighted by Crippen LogP contribution is -2.40. The minimum Gasteiger partial charge on any atom is -0.339 e. The van der Waals surface area contributed by atoms with Crippen molar-refractivity contribution in [2.75, 3.05) is 13.1 Å². The van der Waals surface area contributed by atoms with Crippen molar-refractivity contribution >= 4 is 0 Å². The number of piperidine rings is 1. The summed E-state index contributed by atoms with van der Waals surface area (Å²) in [6.45, 7) is 4.38. The molecule has 1 aromatic rings. The van der Waals surface area contributed by atoms with E-state index in [2.05, 4.69) is 22.4 Å². The summed E-state index contributed by atoms with van der Waals surface area (Å²) in [4.78, 5) is 4.68. The number of nitrogens with zero attached hydrogens (tertiary/aromatic N) is 2. The Hall–Kier alpha value is -0.900. The summed E-state index contributed by atoms with van der Waals surface area (Å²) in [6, 6.07) is 0. The number of hydrogen-bond donors (Lipinski definition) is 1. The molecule has 1 aliphatic heterocycles. The van der Waals surface area contributed by atoms with E-state index in [1.165, 1.54) is 25.7 Å². The predicted octanol–water partition coefficient (Wildman–Crippen LogP) is 2.37. The number of hydrogen-bond acceptors (Lipinski definition) is 4. The van der Waals surface area contributed by atoms with Crippen LogP contribution >= 0.6 is 0 Å². The summed E-state index contributed by atoms with van der Waals surface area (Å²) in [5, 5.41) is 7.59. The van der Waals surface area contributed by atoms with Gasteiger partial charge in [0.15, 0.2) is 5.82 Å². The molecule has 1 saturated carbocycles. The Morgan fingerprint density at radius 2 is 2.12 bits per heavy atom. The lowest BCUT2D eigenvalue weighted by atomic mass is 9.75. The second-order valence-electron chi connectivity index (χ2n) is 5.51. The molecule has 2 heterocycles. The minimum atomic E-state index is 0.153. The summed E-state index contributed by atoms with van der Waals surface area (Å²) in [6.07, 6.45) is 7.09. The van der Waals surface area contributed by atoms with Gasteiger partial charge >= 0.3 is 0 Å². The highest BCUT2D eigenvalue weighted by Crippen LogP contribution is 2.41. The van der Waals surface area contributed by atoms with E-state index in [0.717, 1.165) is 37.6 Å². The molecule has 2 fully saturated rings. The molecule has 1 N–H and O–H groups in total. The molecule has 0 unspecified atom stereocenters. The van der Waals surface area contributed by atoms with E-state index in [1.54, 1.807) is 0 Å². The summed E-state index contributed by atoms with van der Waals surface area (Å²) in [5.41, 5.74) is 0.153. The van der Waals surface area contributed by atoms with E-state index in [-0.39, 0.29) is 5.41 Å². The first-order valence-corrected chi connectivity index (χ1v) is 6.89. The number of aromatic nitrogens is 2. The van der Waals surface area contributed by atoms with Crippen LogP contribution in [0.3, 0.4) is 0 Å². The standard InChI is InChI=1S/C13H21N3O/c1-2-5-13(6-8-14-9-7-13)12-15-11(16-17-12)10-3-4-10/h10,14H,2-9H2,1H3. The molecule has 2 aliphatic rings. The fourth-order valence-electron chi connectivity index (χ4n) is 2.91. The molecule has 0 aromatic carbocycles. The molecule has 0 atom stereocenters. The van der Waals surface area contributed by atoms with Gasteiger partial charge in [0.2, 0.25) is 5.89 Å². The van der Waals surface area contributed by atoms with Gasteiger partial charge in [0.05, 0.1) is 5.41 Å². The Balaban J connectivity index is 1.84. The van der Waals surface area contributed by atoms with Gasteiger partial charge in [0.1, 0.15) is 0 Å². The Morgan fingerprint density at radius 1 is 1.35 bits per heavy atom. The normalized spacial score (nSPS) is 23.8. The highest BCUT2D eigenvalue weighted by atomic mass is 16.5. The maximum Gasteiger partial charge on any atom is 0.232 e. The zero-order valence-corrected chi connectivity index (χ0v) is 10.5. The van der Waals surface area contributed by atoms with Crippen LogP contribution < -0.4 is 5.32 Å². The first kappa shape index (κ1) is 11.2. The van der Waals surface area contributed by atoms with Crippen LogP contribution in [-0.2, 0) is 5.41 Å². The topological polar surface area (TPSA) is 51.0 Å². The second-order valence-corrected chi connectivity index (χ2v) is 5.51. The Morgan fingerprint density at radius 3 is 2.76 bits per heavy atom. The molecule has 1 saturated heterocycles. The third kappa shape index (κ3) is 2.10. The van der Waals surface area contributed by atoms with Crippen LogP contribution in [0.2, 0.25) is 0 Å². The van der Waals surface area contributed by atoms with Crippen LogP contribution in [0.5, 0.6) is 0 Å². The summed E-state index contributed by atoms with van der Waals surface area (Å²) in [5.74, 6) is 2.45. The maximum absolute atomic E-state index is 5.57. The van der Waals surface area contributed by atoms with Crippen molar-refractivity contribution in [1.82, 2.24) is 15.5 Å².